The molecule has 0 saturated carbocycles. The topological polar surface area (TPSA) is 54.0 Å². The summed E-state index contributed by atoms with van der Waals surface area (Å²) in [4.78, 5) is 14.2. The van der Waals surface area contributed by atoms with Crippen LogP contribution >= 0.6 is 7.92 Å². The lowest BCUT2D eigenvalue weighted by Gasteiger charge is -2.42. The monoisotopic (exact) mass is 716 g/mol. The van der Waals surface area contributed by atoms with Gasteiger partial charge in [-0.2, -0.15) is 0 Å². The van der Waals surface area contributed by atoms with Gasteiger partial charge in [0.15, 0.2) is 0 Å². The minimum Gasteiger partial charge on any atom is -0.496 e. The number of benzene rings is 7. The minimum absolute atomic E-state index is 0.167. The van der Waals surface area contributed by atoms with Crippen molar-refractivity contribution in [2.45, 2.75) is 24.2 Å². The van der Waals surface area contributed by atoms with E-state index in [0.717, 1.165) is 77.9 Å². The lowest BCUT2D eigenvalue weighted by Crippen LogP contribution is -2.26. The van der Waals surface area contributed by atoms with Crippen LogP contribution in [0, 0.1) is 0 Å². The summed E-state index contributed by atoms with van der Waals surface area (Å²) in [7, 11) is 5.66. The highest BCUT2D eigenvalue weighted by molar-refractivity contribution is 7.67. The summed E-state index contributed by atoms with van der Waals surface area (Å²) < 4.78 is 24.5. The van der Waals surface area contributed by atoms with Crippen LogP contribution in [0.1, 0.15) is 35.3 Å². The molecule has 1 aliphatic rings. The zero-order chi connectivity index (χ0) is 36.5. The van der Waals surface area contributed by atoms with Crippen molar-refractivity contribution in [3.63, 3.8) is 0 Å². The smallest absolute Gasteiger partial charge is 0.134 e. The minimum atomic E-state index is -1.24. The second kappa shape index (κ2) is 14.8. The van der Waals surface area contributed by atoms with Crippen molar-refractivity contribution in [2.24, 2.45) is 0 Å². The van der Waals surface area contributed by atoms with Crippen molar-refractivity contribution in [3.8, 4) is 45.3 Å². The molecule has 6 heteroatoms. The third kappa shape index (κ3) is 6.09. The van der Waals surface area contributed by atoms with Gasteiger partial charge in [0.2, 0.25) is 0 Å². The summed E-state index contributed by atoms with van der Waals surface area (Å²) in [6.07, 6.45) is 0.787. The highest BCUT2D eigenvalue weighted by atomic mass is 31.1. The molecular weight excluding hydrogens is 675 g/mol. The van der Waals surface area contributed by atoms with Crippen molar-refractivity contribution in [2.75, 3.05) is 28.4 Å². The Labute approximate surface area is 311 Å². The highest BCUT2D eigenvalue weighted by Crippen LogP contribution is 2.70. The second-order valence-corrected chi connectivity index (χ2v) is 15.8. The van der Waals surface area contributed by atoms with E-state index in [1.54, 1.807) is 28.4 Å². The van der Waals surface area contributed by atoms with Crippen molar-refractivity contribution >= 4 is 40.6 Å². The normalized spacial score (nSPS) is 17.1. The third-order valence-electron chi connectivity index (χ3n) is 10.6. The van der Waals surface area contributed by atoms with Crippen molar-refractivity contribution in [1.29, 1.82) is 0 Å². The molecule has 0 aromatic heterocycles. The average Bonchev–Trinajstić information content (AvgIpc) is 3.22. The Kier molecular flexibility index (Phi) is 9.60. The molecule has 0 radical (unpaired) electrons. The highest BCUT2D eigenvalue weighted by Gasteiger charge is 2.44. The number of Topliss-reactive ketones (excluding diaryl/α,β-unsaturated/α-hetero) is 1. The molecule has 0 bridgehead atoms. The zero-order valence-electron chi connectivity index (χ0n) is 30.3. The Bertz CT molecular complexity index is 2310. The summed E-state index contributed by atoms with van der Waals surface area (Å²) in [6, 6.07) is 48.3. The second-order valence-electron chi connectivity index (χ2n) is 13.3. The number of hydrogen-bond donors (Lipinski definition) is 0. The van der Waals surface area contributed by atoms with Crippen LogP contribution in [-0.2, 0) is 4.79 Å². The lowest BCUT2D eigenvalue weighted by molar-refractivity contribution is -0.119. The van der Waals surface area contributed by atoms with Gasteiger partial charge < -0.3 is 18.9 Å². The Hall–Kier alpha value is -5.64. The van der Waals surface area contributed by atoms with Crippen LogP contribution in [0.25, 0.3) is 43.8 Å². The van der Waals surface area contributed by atoms with Crippen LogP contribution < -0.4 is 24.3 Å². The number of para-hydroxylation sites is 2. The molecule has 0 aliphatic carbocycles. The molecule has 1 saturated heterocycles. The van der Waals surface area contributed by atoms with Gasteiger partial charge >= 0.3 is 0 Å². The first kappa shape index (κ1) is 34.4. The number of ketones is 1. The first-order valence-corrected chi connectivity index (χ1v) is 19.3. The van der Waals surface area contributed by atoms with Gasteiger partial charge in [0.25, 0.3) is 0 Å². The van der Waals surface area contributed by atoms with Gasteiger partial charge in [0, 0.05) is 46.4 Å². The van der Waals surface area contributed by atoms with E-state index in [-0.39, 0.29) is 17.1 Å². The lowest BCUT2D eigenvalue weighted by atomic mass is 9.92. The van der Waals surface area contributed by atoms with Gasteiger partial charge in [-0.15, -0.1) is 0 Å². The van der Waals surface area contributed by atoms with E-state index < -0.39 is 7.92 Å². The van der Waals surface area contributed by atoms with Gasteiger partial charge in [-0.3, -0.25) is 4.79 Å². The quantitative estimate of drug-likeness (QED) is 0.139. The molecule has 1 aliphatic heterocycles. The Morgan fingerprint density at radius 2 is 0.868 bits per heavy atom. The molecule has 5 nitrogen and oxygen atoms in total. The Morgan fingerprint density at radius 1 is 0.453 bits per heavy atom. The van der Waals surface area contributed by atoms with E-state index in [9.17, 15) is 4.79 Å². The SMILES string of the molecule is COc1ccccc1C1CC(=O)CC(c2ccccc2OC)P1c1c(-c2c(OC)ccc3ccccc23)cccc1-c1c(OC)ccc2ccccc12. The first-order valence-electron chi connectivity index (χ1n) is 17.9. The molecule has 53 heavy (non-hydrogen) atoms. The van der Waals surface area contributed by atoms with Gasteiger partial charge in [0.1, 0.15) is 28.8 Å². The van der Waals surface area contributed by atoms with Crippen LogP contribution in [0.5, 0.6) is 23.0 Å². The van der Waals surface area contributed by atoms with Crippen molar-refractivity contribution in [3.05, 3.63) is 151 Å². The third-order valence-corrected chi connectivity index (χ3v) is 13.8. The summed E-state index contributed by atoms with van der Waals surface area (Å²) >= 11 is 0. The molecule has 7 aromatic rings. The maximum Gasteiger partial charge on any atom is 0.134 e. The van der Waals surface area contributed by atoms with E-state index in [0.29, 0.717) is 12.8 Å². The molecule has 264 valence electrons. The number of hydrogen-bond acceptors (Lipinski definition) is 5. The molecule has 0 amide bonds. The van der Waals surface area contributed by atoms with Gasteiger partial charge in [-0.05, 0) is 62.2 Å². The summed E-state index contributed by atoms with van der Waals surface area (Å²) in [5, 5.41) is 5.63. The fraction of sp³-hybridized carbons (Fsp3) is 0.170. The maximum absolute atomic E-state index is 14.2. The molecular formula is C47H41O5P. The summed E-state index contributed by atoms with van der Waals surface area (Å²) in [5.41, 5.74) is 5.93. The fourth-order valence-corrected chi connectivity index (χ4v) is 12.1. The number of carbonyl (C=O) groups excluding carboxylic acids is 1. The molecule has 0 N–H and O–H groups in total. The molecule has 2 atom stereocenters. The van der Waals surface area contributed by atoms with Gasteiger partial charge in [-0.25, -0.2) is 0 Å². The largest absolute Gasteiger partial charge is 0.496 e. The van der Waals surface area contributed by atoms with Crippen LogP contribution in [0.3, 0.4) is 0 Å². The molecule has 0 spiro atoms. The van der Waals surface area contributed by atoms with Gasteiger partial charge in [0.05, 0.1) is 28.4 Å². The number of fused-ring (bicyclic) bond motifs is 2. The standard InChI is InChI=1S/C47H41O5P/c1-49-39-22-11-9-18-35(39)43-28-32(48)29-44(36-19-10-12-23-40(36)50-2)53(43)47-37(45-33-16-7-5-14-30(33)24-26-41(45)51-3)20-13-21-38(47)46-34-17-8-6-15-31(34)25-27-42(46)52-4/h5-27,43-44H,28-29H2,1-4H3. The number of rotatable bonds is 9. The summed E-state index contributed by atoms with van der Waals surface area (Å²) in [6.45, 7) is 0. The van der Waals surface area contributed by atoms with Crippen molar-refractivity contribution < 1.29 is 23.7 Å². The molecule has 8 rings (SSSR count). The van der Waals surface area contributed by atoms with E-state index >= 15 is 0 Å². The first-order chi connectivity index (χ1) is 26.1. The molecule has 1 heterocycles. The summed E-state index contributed by atoms with van der Waals surface area (Å²) in [5.74, 6) is 3.36. The predicted octanol–water partition coefficient (Wildman–Crippen LogP) is 11.3. The van der Waals surface area contributed by atoms with Gasteiger partial charge in [-0.1, -0.05) is 123 Å². The van der Waals surface area contributed by atoms with E-state index in [4.69, 9.17) is 18.9 Å². The van der Waals surface area contributed by atoms with E-state index in [2.05, 4.69) is 115 Å². The Morgan fingerprint density at radius 3 is 1.32 bits per heavy atom. The zero-order valence-corrected chi connectivity index (χ0v) is 31.2. The number of methoxy groups -OCH3 is 4. The van der Waals surface area contributed by atoms with Crippen LogP contribution in [0.15, 0.2) is 140 Å². The molecule has 2 unspecified atom stereocenters. The molecule has 7 aromatic carbocycles. The number of carbonyl (C=O) groups is 1. The van der Waals surface area contributed by atoms with E-state index in [1.165, 1.54) is 5.30 Å². The van der Waals surface area contributed by atoms with Crippen LogP contribution in [0.4, 0.5) is 0 Å². The Balaban J connectivity index is 1.56. The molecule has 1 fully saturated rings. The fourth-order valence-electron chi connectivity index (χ4n) is 8.27. The average molecular weight is 717 g/mol. The van der Waals surface area contributed by atoms with Crippen LogP contribution in [0.2, 0.25) is 0 Å². The predicted molar refractivity (Wildman–Crippen MR) is 218 cm³/mol. The van der Waals surface area contributed by atoms with E-state index in [1.807, 2.05) is 24.3 Å². The number of ether oxygens (including phenoxy) is 4. The van der Waals surface area contributed by atoms with Crippen molar-refractivity contribution in [1.82, 2.24) is 0 Å². The maximum atomic E-state index is 14.2. The van der Waals surface area contributed by atoms with Crippen LogP contribution in [-0.4, -0.2) is 34.2 Å².